The molecule has 102 valence electrons. The zero-order valence-corrected chi connectivity index (χ0v) is 11.0. The van der Waals surface area contributed by atoms with E-state index in [1.54, 1.807) is 6.92 Å². The molecule has 0 aliphatic carbocycles. The van der Waals surface area contributed by atoms with Gasteiger partial charge in [-0.25, -0.2) is 4.39 Å². The Morgan fingerprint density at radius 1 is 1.28 bits per heavy atom. The molecule has 0 bridgehead atoms. The first-order valence-corrected chi connectivity index (χ1v) is 6.06. The number of nitrogens with zero attached hydrogens (tertiary/aromatic N) is 2. The minimum absolute atomic E-state index is 0.0493. The number of hydrogen-bond donors (Lipinski definition) is 2. The summed E-state index contributed by atoms with van der Waals surface area (Å²) in [5.41, 5.74) is 0.467. The first-order valence-electron chi connectivity index (χ1n) is 6.06. The van der Waals surface area contributed by atoms with Crippen molar-refractivity contribution in [2.24, 2.45) is 5.92 Å². The molecule has 3 unspecified atom stereocenters. The zero-order valence-electron chi connectivity index (χ0n) is 11.0. The van der Waals surface area contributed by atoms with Gasteiger partial charge in [-0.2, -0.15) is 0 Å². The third-order valence-electron chi connectivity index (χ3n) is 2.77. The predicted octanol–water partition coefficient (Wildman–Crippen LogP) is 1.20. The van der Waals surface area contributed by atoms with Gasteiger partial charge in [-0.15, -0.1) is 0 Å². The van der Waals surface area contributed by atoms with E-state index in [-0.39, 0.29) is 5.92 Å². The van der Waals surface area contributed by atoms with Crippen LogP contribution in [0.15, 0.2) is 18.3 Å². The maximum Gasteiger partial charge on any atom is 0.141 e. The Balaban J connectivity index is 2.55. The predicted molar refractivity (Wildman–Crippen MR) is 67.5 cm³/mol. The van der Waals surface area contributed by atoms with Crippen molar-refractivity contribution in [2.75, 3.05) is 20.1 Å². The van der Waals surface area contributed by atoms with Crippen LogP contribution in [0.1, 0.15) is 25.6 Å². The van der Waals surface area contributed by atoms with Crippen molar-refractivity contribution < 1.29 is 14.6 Å². The normalized spacial score (nSPS) is 16.6. The lowest BCUT2D eigenvalue weighted by Gasteiger charge is -2.25. The van der Waals surface area contributed by atoms with Gasteiger partial charge in [0.2, 0.25) is 0 Å². The van der Waals surface area contributed by atoms with Crippen molar-refractivity contribution in [2.45, 2.75) is 26.1 Å². The summed E-state index contributed by atoms with van der Waals surface area (Å²) in [6, 6.07) is 2.78. The van der Waals surface area contributed by atoms with E-state index in [0.29, 0.717) is 18.8 Å². The monoisotopic (exact) mass is 256 g/mol. The van der Waals surface area contributed by atoms with Crippen LogP contribution >= 0.6 is 0 Å². The molecule has 5 heteroatoms. The van der Waals surface area contributed by atoms with Gasteiger partial charge in [0.25, 0.3) is 0 Å². The second kappa shape index (κ2) is 6.78. The fraction of sp³-hybridized carbons (Fsp3) is 0.615. The van der Waals surface area contributed by atoms with Crippen molar-refractivity contribution in [3.05, 3.63) is 29.8 Å². The molecule has 0 saturated carbocycles. The van der Waals surface area contributed by atoms with Crippen LogP contribution in [-0.2, 0) is 0 Å². The Labute approximate surface area is 107 Å². The molecular formula is C13H21FN2O2. The molecule has 0 saturated heterocycles. The number of aliphatic hydroxyl groups excluding tert-OH is 2. The summed E-state index contributed by atoms with van der Waals surface area (Å²) in [5, 5.41) is 19.4. The lowest BCUT2D eigenvalue weighted by atomic mass is 10.0. The smallest absolute Gasteiger partial charge is 0.141 e. The van der Waals surface area contributed by atoms with Crippen molar-refractivity contribution in [3.8, 4) is 0 Å². The quantitative estimate of drug-likeness (QED) is 0.803. The van der Waals surface area contributed by atoms with E-state index in [1.165, 1.54) is 12.1 Å². The zero-order chi connectivity index (χ0) is 13.7. The topological polar surface area (TPSA) is 56.6 Å². The molecule has 2 N–H and O–H groups in total. The molecule has 4 nitrogen and oxygen atoms in total. The van der Waals surface area contributed by atoms with Crippen molar-refractivity contribution >= 4 is 0 Å². The molecule has 1 heterocycles. The van der Waals surface area contributed by atoms with Gasteiger partial charge in [-0.3, -0.25) is 4.98 Å². The highest BCUT2D eigenvalue weighted by atomic mass is 19.1. The minimum Gasteiger partial charge on any atom is -0.392 e. The molecule has 0 spiro atoms. The van der Waals surface area contributed by atoms with E-state index in [2.05, 4.69) is 4.98 Å². The van der Waals surface area contributed by atoms with Crippen LogP contribution in [0.25, 0.3) is 0 Å². The van der Waals surface area contributed by atoms with Gasteiger partial charge in [0.15, 0.2) is 0 Å². The van der Waals surface area contributed by atoms with Crippen molar-refractivity contribution in [1.82, 2.24) is 9.88 Å². The molecular weight excluding hydrogens is 235 g/mol. The van der Waals surface area contributed by atoms with Gasteiger partial charge < -0.3 is 15.1 Å². The number of aliphatic hydroxyl groups is 2. The van der Waals surface area contributed by atoms with Gasteiger partial charge in [-0.1, -0.05) is 6.92 Å². The molecule has 1 aromatic rings. The van der Waals surface area contributed by atoms with Crippen LogP contribution in [0, 0.1) is 11.7 Å². The number of rotatable bonds is 6. The Bertz CT molecular complexity index is 357. The highest BCUT2D eigenvalue weighted by Crippen LogP contribution is 2.20. The summed E-state index contributed by atoms with van der Waals surface area (Å²) >= 11 is 0. The molecule has 0 fully saturated rings. The lowest BCUT2D eigenvalue weighted by molar-refractivity contribution is 0.0749. The van der Waals surface area contributed by atoms with E-state index in [0.717, 1.165) is 6.20 Å². The van der Waals surface area contributed by atoms with Crippen molar-refractivity contribution in [1.29, 1.82) is 0 Å². The SMILES string of the molecule is CC(O)CN(C)CC(C)C(O)c1ccc(F)cn1. The molecule has 3 atom stereocenters. The van der Waals surface area contributed by atoms with Crippen LogP contribution in [-0.4, -0.2) is 46.3 Å². The standard InChI is InChI=1S/C13H21FN2O2/c1-9(7-16(3)8-10(2)17)13(18)12-5-4-11(14)6-15-12/h4-6,9-10,13,17-18H,7-8H2,1-3H3. The minimum atomic E-state index is -0.734. The Kier molecular flexibility index (Phi) is 5.65. The summed E-state index contributed by atoms with van der Waals surface area (Å²) in [7, 11) is 1.88. The van der Waals surface area contributed by atoms with Crippen LogP contribution < -0.4 is 0 Å². The van der Waals surface area contributed by atoms with Gasteiger partial charge >= 0.3 is 0 Å². The van der Waals surface area contributed by atoms with Crippen LogP contribution in [0.3, 0.4) is 0 Å². The Morgan fingerprint density at radius 2 is 1.94 bits per heavy atom. The summed E-state index contributed by atoms with van der Waals surface area (Å²) in [4.78, 5) is 5.82. The van der Waals surface area contributed by atoms with E-state index in [1.807, 2.05) is 18.9 Å². The maximum absolute atomic E-state index is 12.7. The average Bonchev–Trinajstić information content (AvgIpc) is 2.27. The van der Waals surface area contributed by atoms with Gasteiger partial charge in [0, 0.05) is 19.0 Å². The maximum atomic E-state index is 12.7. The third kappa shape index (κ3) is 4.68. The molecule has 0 amide bonds. The summed E-state index contributed by atoms with van der Waals surface area (Å²) in [6.45, 7) is 4.80. The van der Waals surface area contributed by atoms with Crippen LogP contribution in [0.5, 0.6) is 0 Å². The highest BCUT2D eigenvalue weighted by molar-refractivity contribution is 5.08. The van der Waals surface area contributed by atoms with Crippen molar-refractivity contribution in [3.63, 3.8) is 0 Å². The fourth-order valence-electron chi connectivity index (χ4n) is 1.97. The fourth-order valence-corrected chi connectivity index (χ4v) is 1.97. The first kappa shape index (κ1) is 15.0. The second-order valence-electron chi connectivity index (χ2n) is 4.89. The summed E-state index contributed by atoms with van der Waals surface area (Å²) in [6.07, 6.45) is -0.0320. The van der Waals surface area contributed by atoms with Gasteiger partial charge in [0.05, 0.1) is 24.1 Å². The summed E-state index contributed by atoms with van der Waals surface area (Å²) < 4.78 is 12.7. The number of hydrogen-bond acceptors (Lipinski definition) is 4. The van der Waals surface area contributed by atoms with Crippen LogP contribution in [0.2, 0.25) is 0 Å². The largest absolute Gasteiger partial charge is 0.392 e. The highest BCUT2D eigenvalue weighted by Gasteiger charge is 2.19. The lowest BCUT2D eigenvalue weighted by Crippen LogP contribution is -2.33. The van der Waals surface area contributed by atoms with E-state index in [9.17, 15) is 14.6 Å². The van der Waals surface area contributed by atoms with Gasteiger partial charge in [0.1, 0.15) is 5.82 Å². The molecule has 1 aromatic heterocycles. The molecule has 0 radical (unpaired) electrons. The van der Waals surface area contributed by atoms with E-state index < -0.39 is 18.0 Å². The summed E-state index contributed by atoms with van der Waals surface area (Å²) in [5.74, 6) is -0.462. The van der Waals surface area contributed by atoms with E-state index in [4.69, 9.17) is 0 Å². The molecule has 0 aromatic carbocycles. The van der Waals surface area contributed by atoms with Crippen LogP contribution in [0.4, 0.5) is 4.39 Å². The first-order chi connectivity index (χ1) is 8.40. The second-order valence-corrected chi connectivity index (χ2v) is 4.89. The Morgan fingerprint density at radius 3 is 2.44 bits per heavy atom. The molecule has 1 rings (SSSR count). The molecule has 0 aliphatic heterocycles. The molecule has 18 heavy (non-hydrogen) atoms. The van der Waals surface area contributed by atoms with E-state index >= 15 is 0 Å². The average molecular weight is 256 g/mol. The molecule has 0 aliphatic rings. The Hall–Kier alpha value is -1.04. The number of aromatic nitrogens is 1. The number of pyridine rings is 1. The number of likely N-dealkylation sites (N-methyl/N-ethyl adjacent to an activating group) is 1. The third-order valence-corrected chi connectivity index (χ3v) is 2.77. The van der Waals surface area contributed by atoms with Gasteiger partial charge in [-0.05, 0) is 26.1 Å². The number of halogens is 1.